The fourth-order valence-corrected chi connectivity index (χ4v) is 1.97. The Balaban J connectivity index is 1.75. The molecule has 0 aromatic heterocycles. The molecule has 11 heavy (non-hydrogen) atoms. The third kappa shape index (κ3) is 1.32. The summed E-state index contributed by atoms with van der Waals surface area (Å²) in [6.45, 7) is 0. The highest BCUT2D eigenvalue weighted by Gasteiger charge is 2.47. The van der Waals surface area contributed by atoms with Gasteiger partial charge in [0.2, 0.25) is 0 Å². The predicted octanol–water partition coefficient (Wildman–Crippen LogP) is 1.14. The van der Waals surface area contributed by atoms with Gasteiger partial charge in [0.15, 0.2) is 0 Å². The van der Waals surface area contributed by atoms with E-state index in [1.165, 1.54) is 6.42 Å². The van der Waals surface area contributed by atoms with Crippen molar-refractivity contribution in [2.24, 2.45) is 11.8 Å². The van der Waals surface area contributed by atoms with Crippen molar-refractivity contribution in [3.8, 4) is 0 Å². The fourth-order valence-electron chi connectivity index (χ4n) is 1.97. The first kappa shape index (κ1) is 6.95. The number of fused-ring (bicyclic) bond motifs is 1. The van der Waals surface area contributed by atoms with Crippen LogP contribution in [0.3, 0.4) is 0 Å². The predicted molar refractivity (Wildman–Crippen MR) is 40.2 cm³/mol. The first-order chi connectivity index (χ1) is 5.29. The Morgan fingerprint density at radius 3 is 2.55 bits per heavy atom. The third-order valence-electron chi connectivity index (χ3n) is 2.68. The van der Waals surface area contributed by atoms with Crippen LogP contribution in [0.25, 0.3) is 0 Å². The molecule has 1 amide bonds. The van der Waals surface area contributed by atoms with Gasteiger partial charge in [0.1, 0.15) is 6.10 Å². The number of carbonyl (C=O) groups excluding carboxylic acids is 1. The molecule has 2 unspecified atom stereocenters. The maximum absolute atomic E-state index is 10.8. The zero-order valence-electron chi connectivity index (χ0n) is 6.67. The topological polar surface area (TPSA) is 38.3 Å². The molecular formula is C8H13NO2. The van der Waals surface area contributed by atoms with Crippen LogP contribution in [-0.2, 0) is 4.74 Å². The number of amides is 1. The number of alkyl carbamates (subject to hydrolysis) is 1. The number of rotatable bonds is 1. The van der Waals surface area contributed by atoms with Gasteiger partial charge >= 0.3 is 6.09 Å². The molecule has 0 radical (unpaired) electrons. The maximum Gasteiger partial charge on any atom is 0.407 e. The third-order valence-corrected chi connectivity index (χ3v) is 2.68. The molecule has 3 nitrogen and oxygen atoms in total. The Hall–Kier alpha value is -0.730. The second kappa shape index (κ2) is 2.40. The number of nitrogens with one attached hydrogen (secondary N) is 1. The van der Waals surface area contributed by atoms with Crippen LogP contribution in [-0.4, -0.2) is 19.2 Å². The molecule has 2 aliphatic rings. The van der Waals surface area contributed by atoms with E-state index >= 15 is 0 Å². The lowest BCUT2D eigenvalue weighted by molar-refractivity contribution is 0.0961. The highest BCUT2D eigenvalue weighted by atomic mass is 16.6. The van der Waals surface area contributed by atoms with Gasteiger partial charge in [-0.15, -0.1) is 0 Å². The van der Waals surface area contributed by atoms with Gasteiger partial charge in [0.05, 0.1) is 0 Å². The van der Waals surface area contributed by atoms with Crippen LogP contribution in [0.1, 0.15) is 19.3 Å². The number of hydrogen-bond donors (Lipinski definition) is 1. The quantitative estimate of drug-likeness (QED) is 0.616. The van der Waals surface area contributed by atoms with Gasteiger partial charge in [-0.25, -0.2) is 4.79 Å². The van der Waals surface area contributed by atoms with E-state index in [1.54, 1.807) is 7.05 Å². The van der Waals surface area contributed by atoms with Crippen LogP contribution in [0.2, 0.25) is 0 Å². The van der Waals surface area contributed by atoms with E-state index in [9.17, 15) is 4.79 Å². The van der Waals surface area contributed by atoms with Gasteiger partial charge in [-0.05, 0) is 31.1 Å². The van der Waals surface area contributed by atoms with Crippen LogP contribution < -0.4 is 5.32 Å². The van der Waals surface area contributed by atoms with Crippen molar-refractivity contribution in [2.75, 3.05) is 7.05 Å². The lowest BCUT2D eigenvalue weighted by Gasteiger charge is -2.12. The van der Waals surface area contributed by atoms with Gasteiger partial charge in [0, 0.05) is 7.05 Å². The van der Waals surface area contributed by atoms with Crippen molar-refractivity contribution in [3.05, 3.63) is 0 Å². The second-order valence-electron chi connectivity index (χ2n) is 3.50. The summed E-state index contributed by atoms with van der Waals surface area (Å²) < 4.78 is 5.11. The first-order valence-electron chi connectivity index (χ1n) is 4.18. The summed E-state index contributed by atoms with van der Waals surface area (Å²) >= 11 is 0. The van der Waals surface area contributed by atoms with E-state index in [1.807, 2.05) is 0 Å². The summed E-state index contributed by atoms with van der Waals surface area (Å²) in [5.74, 6) is 1.76. The van der Waals surface area contributed by atoms with Crippen molar-refractivity contribution in [1.82, 2.24) is 5.32 Å². The summed E-state index contributed by atoms with van der Waals surface area (Å²) in [4.78, 5) is 10.8. The van der Waals surface area contributed by atoms with E-state index in [2.05, 4.69) is 5.32 Å². The minimum atomic E-state index is -0.281. The van der Waals surface area contributed by atoms with E-state index < -0.39 is 0 Å². The van der Waals surface area contributed by atoms with Crippen LogP contribution in [0, 0.1) is 11.8 Å². The van der Waals surface area contributed by atoms with Crippen LogP contribution in [0.4, 0.5) is 4.79 Å². The first-order valence-corrected chi connectivity index (χ1v) is 4.18. The highest BCUT2D eigenvalue weighted by Crippen LogP contribution is 2.52. The Labute approximate surface area is 66.1 Å². The molecule has 0 aliphatic heterocycles. The normalized spacial score (nSPS) is 39.5. The Morgan fingerprint density at radius 1 is 1.36 bits per heavy atom. The maximum atomic E-state index is 10.8. The Kier molecular flexibility index (Phi) is 1.51. The van der Waals surface area contributed by atoms with Crippen molar-refractivity contribution < 1.29 is 9.53 Å². The van der Waals surface area contributed by atoms with Gasteiger partial charge in [-0.3, -0.25) is 0 Å². The van der Waals surface area contributed by atoms with Gasteiger partial charge in [-0.2, -0.15) is 0 Å². The molecule has 0 heterocycles. The number of ether oxygens (including phenoxy) is 1. The Morgan fingerprint density at radius 2 is 2.00 bits per heavy atom. The minimum Gasteiger partial charge on any atom is -0.446 e. The van der Waals surface area contributed by atoms with Crippen LogP contribution in [0.15, 0.2) is 0 Å². The van der Waals surface area contributed by atoms with E-state index in [-0.39, 0.29) is 12.2 Å². The van der Waals surface area contributed by atoms with Gasteiger partial charge in [0.25, 0.3) is 0 Å². The SMILES string of the molecule is CNC(=O)OC1CC2CC2C1. The molecule has 0 spiro atoms. The van der Waals surface area contributed by atoms with Gasteiger partial charge in [-0.1, -0.05) is 0 Å². The van der Waals surface area contributed by atoms with Gasteiger partial charge < -0.3 is 10.1 Å². The molecule has 2 aliphatic carbocycles. The molecule has 0 bridgehead atoms. The standard InChI is InChI=1S/C8H13NO2/c1-9-8(10)11-7-3-5-2-6(5)4-7/h5-7H,2-4H2,1H3,(H,9,10). The molecule has 0 aromatic carbocycles. The Bertz CT molecular complexity index is 171. The molecule has 2 fully saturated rings. The average molecular weight is 155 g/mol. The molecule has 2 rings (SSSR count). The summed E-state index contributed by atoms with van der Waals surface area (Å²) in [6.07, 6.45) is 3.49. The number of hydrogen-bond acceptors (Lipinski definition) is 2. The van der Waals surface area contributed by atoms with Crippen LogP contribution >= 0.6 is 0 Å². The fraction of sp³-hybridized carbons (Fsp3) is 0.875. The lowest BCUT2D eigenvalue weighted by atomic mass is 10.2. The summed E-state index contributed by atoms with van der Waals surface area (Å²) in [5.41, 5.74) is 0. The zero-order valence-corrected chi connectivity index (χ0v) is 6.67. The molecule has 0 aromatic rings. The van der Waals surface area contributed by atoms with E-state index in [0.29, 0.717) is 0 Å². The minimum absolute atomic E-state index is 0.207. The molecule has 62 valence electrons. The van der Waals surface area contributed by atoms with Crippen molar-refractivity contribution >= 4 is 6.09 Å². The zero-order chi connectivity index (χ0) is 7.84. The van der Waals surface area contributed by atoms with Crippen molar-refractivity contribution in [3.63, 3.8) is 0 Å². The molecule has 3 heteroatoms. The summed E-state index contributed by atoms with van der Waals surface area (Å²) in [6, 6.07) is 0. The van der Waals surface area contributed by atoms with Crippen molar-refractivity contribution in [2.45, 2.75) is 25.4 Å². The average Bonchev–Trinajstić information content (AvgIpc) is 2.60. The molecular weight excluding hydrogens is 142 g/mol. The number of carbonyl (C=O) groups is 1. The van der Waals surface area contributed by atoms with Crippen molar-refractivity contribution in [1.29, 1.82) is 0 Å². The van der Waals surface area contributed by atoms with E-state index in [4.69, 9.17) is 4.74 Å². The largest absolute Gasteiger partial charge is 0.446 e. The molecule has 2 atom stereocenters. The smallest absolute Gasteiger partial charge is 0.407 e. The molecule has 2 saturated carbocycles. The monoisotopic (exact) mass is 155 g/mol. The second-order valence-corrected chi connectivity index (χ2v) is 3.50. The highest BCUT2D eigenvalue weighted by molar-refractivity contribution is 5.66. The molecule has 1 N–H and O–H groups in total. The summed E-state index contributed by atoms with van der Waals surface area (Å²) in [7, 11) is 1.60. The molecule has 0 saturated heterocycles. The lowest BCUT2D eigenvalue weighted by Crippen LogP contribution is -2.25. The van der Waals surface area contributed by atoms with E-state index in [0.717, 1.165) is 24.7 Å². The summed E-state index contributed by atoms with van der Waals surface area (Å²) in [5, 5.41) is 2.46. The van der Waals surface area contributed by atoms with Crippen LogP contribution in [0.5, 0.6) is 0 Å².